The molecule has 224 valence electrons. The van der Waals surface area contributed by atoms with Gasteiger partial charge in [-0.25, -0.2) is 0 Å². The highest BCUT2D eigenvalue weighted by molar-refractivity contribution is 6.05. The lowest BCUT2D eigenvalue weighted by Crippen LogP contribution is -2.52. The van der Waals surface area contributed by atoms with Gasteiger partial charge in [-0.05, 0) is 49.1 Å². The van der Waals surface area contributed by atoms with Crippen molar-refractivity contribution in [1.82, 2.24) is 10.2 Å². The molecule has 1 aromatic heterocycles. The number of aromatic nitrogens is 1. The van der Waals surface area contributed by atoms with Crippen molar-refractivity contribution in [2.75, 3.05) is 6.54 Å². The molecule has 1 fully saturated rings. The van der Waals surface area contributed by atoms with Gasteiger partial charge in [0, 0.05) is 36.3 Å². The van der Waals surface area contributed by atoms with Crippen LogP contribution in [0.3, 0.4) is 0 Å². The van der Waals surface area contributed by atoms with E-state index in [-0.39, 0.29) is 37.4 Å². The Bertz CT molecular complexity index is 1620. The Labute approximate surface area is 242 Å². The molecule has 2 unspecified atom stereocenters. The molecule has 6 nitrogen and oxygen atoms in total. The first-order valence-corrected chi connectivity index (χ1v) is 13.4. The van der Waals surface area contributed by atoms with Crippen molar-refractivity contribution < 1.29 is 40.7 Å². The van der Waals surface area contributed by atoms with Crippen LogP contribution in [0.4, 0.5) is 26.3 Å². The molecule has 1 aliphatic heterocycles. The van der Waals surface area contributed by atoms with Crippen LogP contribution in [0.1, 0.15) is 50.2 Å². The predicted molar refractivity (Wildman–Crippen MR) is 145 cm³/mol. The van der Waals surface area contributed by atoms with Crippen molar-refractivity contribution in [2.45, 2.75) is 43.7 Å². The zero-order valence-corrected chi connectivity index (χ0v) is 22.5. The molecule has 0 bridgehead atoms. The van der Waals surface area contributed by atoms with E-state index in [0.29, 0.717) is 27.8 Å². The van der Waals surface area contributed by atoms with E-state index in [1.165, 1.54) is 17.2 Å². The molecule has 3 aromatic carbocycles. The molecular weight excluding hydrogens is 576 g/mol. The Morgan fingerprint density at radius 1 is 0.884 bits per heavy atom. The van der Waals surface area contributed by atoms with Gasteiger partial charge in [0.05, 0.1) is 22.1 Å². The molecule has 1 N–H and O–H groups in total. The number of pyridine rings is 1. The fourth-order valence-corrected chi connectivity index (χ4v) is 5.44. The van der Waals surface area contributed by atoms with Gasteiger partial charge in [-0.3, -0.25) is 9.59 Å². The van der Waals surface area contributed by atoms with Crippen molar-refractivity contribution in [3.8, 4) is 0 Å². The number of likely N-dealkylation sites (tertiary alicyclic amines) is 1. The average Bonchev–Trinajstić information content (AvgIpc) is 2.97. The minimum absolute atomic E-state index is 0.0123. The quantitative estimate of drug-likeness (QED) is 0.169. The molecule has 1 aliphatic rings. The number of carbonyl (C=O) groups is 2. The maximum Gasteiger partial charge on any atom is 0.416 e. The molecular formula is C31H25F6N3O3. The molecule has 43 heavy (non-hydrogen) atoms. The Morgan fingerprint density at radius 3 is 2.16 bits per heavy atom. The number of fused-ring (bicyclic) bond motifs is 1. The molecule has 0 radical (unpaired) electrons. The van der Waals surface area contributed by atoms with E-state index in [1.54, 1.807) is 54.6 Å². The second-order valence-corrected chi connectivity index (χ2v) is 10.4. The smallest absolute Gasteiger partial charge is 0.416 e. The minimum atomic E-state index is -5.09. The van der Waals surface area contributed by atoms with Crippen LogP contribution < -0.4 is 10.0 Å². The lowest BCUT2D eigenvalue weighted by atomic mass is 9.91. The lowest BCUT2D eigenvalue weighted by molar-refractivity contribution is -0.577. The number of piperidine rings is 1. The lowest BCUT2D eigenvalue weighted by Gasteiger charge is -2.40. The van der Waals surface area contributed by atoms with Crippen LogP contribution in [0.5, 0.6) is 0 Å². The molecule has 12 heteroatoms. The Morgan fingerprint density at radius 2 is 1.51 bits per heavy atom. The van der Waals surface area contributed by atoms with Crippen molar-refractivity contribution in [3.63, 3.8) is 0 Å². The third-order valence-electron chi connectivity index (χ3n) is 7.51. The Hall–Kier alpha value is -4.61. The van der Waals surface area contributed by atoms with E-state index < -0.39 is 52.9 Å². The van der Waals surface area contributed by atoms with Gasteiger partial charge in [0.15, 0.2) is 6.20 Å². The van der Waals surface area contributed by atoms with Gasteiger partial charge in [-0.15, -0.1) is 0 Å². The topological polar surface area (TPSA) is 76.4 Å². The fraction of sp³-hybridized carbons (Fsp3) is 0.258. The van der Waals surface area contributed by atoms with Gasteiger partial charge in [-0.1, -0.05) is 42.5 Å². The first-order valence-electron chi connectivity index (χ1n) is 13.4. The number of hydrogen-bond acceptors (Lipinski definition) is 3. The highest BCUT2D eigenvalue weighted by atomic mass is 19.4. The van der Waals surface area contributed by atoms with Crippen LogP contribution >= 0.6 is 0 Å². The summed E-state index contributed by atoms with van der Waals surface area (Å²) in [5.74, 6) is -1.41. The monoisotopic (exact) mass is 601 g/mol. The van der Waals surface area contributed by atoms with E-state index in [0.717, 1.165) is 5.56 Å². The molecule has 0 saturated carbocycles. The second kappa shape index (κ2) is 11.6. The summed E-state index contributed by atoms with van der Waals surface area (Å²) in [4.78, 5) is 28.1. The number of hydrogen-bond donors (Lipinski definition) is 1. The van der Waals surface area contributed by atoms with Crippen LogP contribution in [-0.4, -0.2) is 35.3 Å². The van der Waals surface area contributed by atoms with Gasteiger partial charge in [-0.2, -0.15) is 31.1 Å². The zero-order chi connectivity index (χ0) is 30.9. The number of para-hydroxylation sites is 1. The second-order valence-electron chi connectivity index (χ2n) is 10.4. The van der Waals surface area contributed by atoms with Gasteiger partial charge >= 0.3 is 12.4 Å². The van der Waals surface area contributed by atoms with Gasteiger partial charge in [0.25, 0.3) is 11.8 Å². The van der Waals surface area contributed by atoms with E-state index >= 15 is 0 Å². The minimum Gasteiger partial charge on any atom is -0.618 e. The summed E-state index contributed by atoms with van der Waals surface area (Å²) in [5, 5.41) is 15.5. The van der Waals surface area contributed by atoms with E-state index in [2.05, 4.69) is 5.32 Å². The first-order chi connectivity index (χ1) is 20.3. The number of rotatable bonds is 5. The fourth-order valence-electron chi connectivity index (χ4n) is 5.44. The van der Waals surface area contributed by atoms with Crippen LogP contribution in [0.25, 0.3) is 10.9 Å². The molecule has 5 rings (SSSR count). The van der Waals surface area contributed by atoms with Crippen LogP contribution in [0.2, 0.25) is 0 Å². The summed E-state index contributed by atoms with van der Waals surface area (Å²) in [6, 6.07) is 16.7. The number of nitrogens with zero attached hydrogens (tertiary/aromatic N) is 2. The number of halogens is 6. The molecule has 2 heterocycles. The van der Waals surface area contributed by atoms with Crippen LogP contribution in [-0.2, 0) is 18.8 Å². The highest BCUT2D eigenvalue weighted by Crippen LogP contribution is 2.37. The summed E-state index contributed by atoms with van der Waals surface area (Å²) in [6.45, 7) is -0.0189. The normalized spacial score (nSPS) is 17.6. The summed E-state index contributed by atoms with van der Waals surface area (Å²) in [6.07, 6.45) is -8.30. The highest BCUT2D eigenvalue weighted by Gasteiger charge is 2.39. The number of alkyl halides is 6. The molecule has 4 aromatic rings. The Balaban J connectivity index is 1.43. The first kappa shape index (κ1) is 29.9. The van der Waals surface area contributed by atoms with Crippen molar-refractivity contribution >= 4 is 22.7 Å². The molecule has 0 aliphatic carbocycles. The maximum atomic E-state index is 13.6. The zero-order valence-electron chi connectivity index (χ0n) is 22.5. The van der Waals surface area contributed by atoms with Crippen LogP contribution in [0, 0.1) is 5.21 Å². The number of nitrogens with one attached hydrogen (secondary N) is 1. The summed E-state index contributed by atoms with van der Waals surface area (Å²) in [7, 11) is 0. The van der Waals surface area contributed by atoms with E-state index in [9.17, 15) is 41.1 Å². The standard InChI is InChI=1S/C31H25F6N3O3/c32-30(33,34)21-15-20(16-22(17-21)31(35,36)37)29(42)39-12-10-23(18-24(39)14-19-6-2-1-3-7-19)38-28(41)26-11-13-40(43)27-9-5-4-8-25(26)27/h1-9,11,13,15-17,23-24H,10,12,14,18H2,(H,38,41). The predicted octanol–water partition coefficient (Wildman–Crippen LogP) is 6.16. The third-order valence-corrected chi connectivity index (χ3v) is 7.51. The number of amides is 2. The van der Waals surface area contributed by atoms with E-state index in [1.807, 2.05) is 0 Å². The maximum absolute atomic E-state index is 13.6. The summed E-state index contributed by atoms with van der Waals surface area (Å²) >= 11 is 0. The third kappa shape index (κ3) is 6.58. The van der Waals surface area contributed by atoms with Crippen molar-refractivity contribution in [3.05, 3.63) is 118 Å². The average molecular weight is 602 g/mol. The van der Waals surface area contributed by atoms with E-state index in [4.69, 9.17) is 0 Å². The molecule has 2 atom stereocenters. The van der Waals surface area contributed by atoms with Gasteiger partial charge in [0.2, 0.25) is 5.52 Å². The SMILES string of the molecule is O=C(NC1CCN(C(=O)c2cc(C(F)(F)F)cc(C(F)(F)F)c2)C(Cc2ccccc2)C1)c1cc[n+]([O-])c2ccccc12. The molecule has 2 amide bonds. The van der Waals surface area contributed by atoms with Crippen molar-refractivity contribution in [1.29, 1.82) is 0 Å². The molecule has 1 saturated heterocycles. The Kier molecular flexibility index (Phi) is 8.04. The summed E-state index contributed by atoms with van der Waals surface area (Å²) < 4.78 is 81.6. The van der Waals surface area contributed by atoms with Gasteiger partial charge in [0.1, 0.15) is 0 Å². The molecule has 0 spiro atoms. The number of carbonyl (C=O) groups excluding carboxylic acids is 2. The van der Waals surface area contributed by atoms with Crippen molar-refractivity contribution in [2.24, 2.45) is 0 Å². The largest absolute Gasteiger partial charge is 0.618 e. The number of benzene rings is 3. The summed E-state index contributed by atoms with van der Waals surface area (Å²) in [5.41, 5.74) is -2.49. The van der Waals surface area contributed by atoms with Gasteiger partial charge < -0.3 is 15.4 Å². The van der Waals surface area contributed by atoms with Crippen LogP contribution in [0.15, 0.2) is 85.1 Å².